The summed E-state index contributed by atoms with van der Waals surface area (Å²) in [5, 5.41) is 0.117. The first-order chi connectivity index (χ1) is 13.7. The molecule has 2 rings (SSSR count). The van der Waals surface area contributed by atoms with Gasteiger partial charge in [0.2, 0.25) is 0 Å². The Morgan fingerprint density at radius 2 is 1.65 bits per heavy atom. The van der Waals surface area contributed by atoms with Crippen molar-refractivity contribution in [3.05, 3.63) is 0 Å². The van der Waals surface area contributed by atoms with Gasteiger partial charge in [0.1, 0.15) is 5.78 Å². The third-order valence-electron chi connectivity index (χ3n) is 8.12. The van der Waals surface area contributed by atoms with Crippen molar-refractivity contribution >= 4 is 14.1 Å². The van der Waals surface area contributed by atoms with Crippen molar-refractivity contribution in [1.29, 1.82) is 0 Å². The summed E-state index contributed by atoms with van der Waals surface area (Å²) in [6.45, 7) is 28.5. The third kappa shape index (κ3) is 5.83. The molecule has 182 valence electrons. The molecule has 4 atom stereocenters. The number of carbonyl (C=O) groups is 1. The SMILES string of the molecule is CC(C)[C@@H](O[Si](C)(C)C(C)(C)C)[C@@H]1C(=O)[C@@H](CC2OC(C)(C)OC2(C)C)CCC1(C)C. The second-order valence-corrected chi connectivity index (χ2v) is 18.4. The summed E-state index contributed by atoms with van der Waals surface area (Å²) in [5.41, 5.74) is -0.450. The molecule has 0 aromatic carbocycles. The van der Waals surface area contributed by atoms with Crippen LogP contribution in [0.3, 0.4) is 0 Å². The number of hydrogen-bond acceptors (Lipinski definition) is 4. The van der Waals surface area contributed by atoms with E-state index in [1.54, 1.807) is 0 Å². The Morgan fingerprint density at radius 3 is 2.06 bits per heavy atom. The Labute approximate surface area is 193 Å². The quantitative estimate of drug-likeness (QED) is 0.406. The number of carbonyl (C=O) groups excluding carboxylic acids is 1. The van der Waals surface area contributed by atoms with Gasteiger partial charge in [-0.05, 0) is 76.4 Å². The van der Waals surface area contributed by atoms with Gasteiger partial charge >= 0.3 is 0 Å². The molecule has 0 spiro atoms. The second-order valence-electron chi connectivity index (χ2n) is 13.6. The fourth-order valence-corrected chi connectivity index (χ4v) is 6.67. The van der Waals surface area contributed by atoms with Gasteiger partial charge in [-0.15, -0.1) is 0 Å². The summed E-state index contributed by atoms with van der Waals surface area (Å²) in [4.78, 5) is 14.0. The van der Waals surface area contributed by atoms with Crippen LogP contribution in [-0.4, -0.2) is 37.7 Å². The van der Waals surface area contributed by atoms with E-state index in [2.05, 4.69) is 75.4 Å². The molecule has 0 radical (unpaired) electrons. The highest BCUT2D eigenvalue weighted by Crippen LogP contribution is 2.49. The van der Waals surface area contributed by atoms with Gasteiger partial charge < -0.3 is 13.9 Å². The number of ketones is 1. The minimum Gasteiger partial charge on any atom is -0.413 e. The third-order valence-corrected chi connectivity index (χ3v) is 12.6. The summed E-state index contributed by atoms with van der Waals surface area (Å²) in [5.74, 6) is -0.0144. The van der Waals surface area contributed by atoms with Crippen LogP contribution >= 0.6 is 0 Å². The zero-order chi connectivity index (χ0) is 24.2. The maximum Gasteiger partial charge on any atom is 0.192 e. The summed E-state index contributed by atoms with van der Waals surface area (Å²) in [6.07, 6.45) is 2.57. The van der Waals surface area contributed by atoms with Crippen molar-refractivity contribution in [3.63, 3.8) is 0 Å². The van der Waals surface area contributed by atoms with E-state index >= 15 is 0 Å². The van der Waals surface area contributed by atoms with Crippen LogP contribution in [0.25, 0.3) is 0 Å². The fourth-order valence-electron chi connectivity index (χ4n) is 5.23. The predicted molar refractivity (Wildman–Crippen MR) is 131 cm³/mol. The second kappa shape index (κ2) is 8.52. The summed E-state index contributed by atoms with van der Waals surface area (Å²) < 4.78 is 19.3. The molecule has 5 heteroatoms. The molecule has 2 fully saturated rings. The summed E-state index contributed by atoms with van der Waals surface area (Å²) in [6, 6.07) is 0. The van der Waals surface area contributed by atoms with Crippen LogP contribution in [0.15, 0.2) is 0 Å². The van der Waals surface area contributed by atoms with E-state index in [-0.39, 0.29) is 40.1 Å². The molecule has 1 aliphatic carbocycles. The molecule has 4 nitrogen and oxygen atoms in total. The van der Waals surface area contributed by atoms with Gasteiger partial charge in [-0.1, -0.05) is 48.5 Å². The molecule has 1 heterocycles. The van der Waals surface area contributed by atoms with Gasteiger partial charge in [-0.2, -0.15) is 0 Å². The Bertz CT molecular complexity index is 657. The lowest BCUT2D eigenvalue weighted by Gasteiger charge is -2.49. The molecule has 0 aromatic rings. The van der Waals surface area contributed by atoms with E-state index in [0.29, 0.717) is 11.7 Å². The van der Waals surface area contributed by atoms with E-state index in [1.807, 2.05) is 13.8 Å². The molecule has 2 aliphatic rings. The summed E-state index contributed by atoms with van der Waals surface area (Å²) in [7, 11) is -2.00. The monoisotopic (exact) mass is 454 g/mol. The number of rotatable bonds is 6. The first kappa shape index (κ1) is 27.0. The first-order valence-corrected chi connectivity index (χ1v) is 15.2. The Morgan fingerprint density at radius 1 is 1.10 bits per heavy atom. The van der Waals surface area contributed by atoms with Crippen LogP contribution in [0.4, 0.5) is 0 Å². The maximum atomic E-state index is 14.0. The van der Waals surface area contributed by atoms with Crippen molar-refractivity contribution in [3.8, 4) is 0 Å². The minimum absolute atomic E-state index is 0.00376. The standard InChI is InChI=1S/C26H50O4Si/c1-17(2)22(29-31(12,13)23(3,4)5)20-21(27)18(14-15-24(20,6)7)16-19-25(8,9)30-26(10,11)28-19/h17-20,22H,14-16H2,1-13H3/t18-,19?,20+,22-/m1/s1. The van der Waals surface area contributed by atoms with Crippen molar-refractivity contribution < 1.29 is 18.7 Å². The number of Topliss-reactive ketones (excluding diaryl/α,β-unsaturated/α-hetero) is 1. The lowest BCUT2D eigenvalue weighted by molar-refractivity contribution is -0.160. The predicted octanol–water partition coefficient (Wildman–Crippen LogP) is 6.97. The van der Waals surface area contributed by atoms with E-state index < -0.39 is 14.1 Å². The average Bonchev–Trinajstić information content (AvgIpc) is 2.74. The van der Waals surface area contributed by atoms with Crippen LogP contribution in [0, 0.1) is 23.2 Å². The number of hydrogen-bond donors (Lipinski definition) is 0. The molecule has 1 aliphatic heterocycles. The van der Waals surface area contributed by atoms with Gasteiger partial charge in [0.05, 0.1) is 17.8 Å². The van der Waals surface area contributed by atoms with Crippen LogP contribution in [0.2, 0.25) is 18.1 Å². The zero-order valence-corrected chi connectivity index (χ0v) is 23.6. The molecule has 0 amide bonds. The molecule has 31 heavy (non-hydrogen) atoms. The number of ether oxygens (including phenoxy) is 2. The highest BCUT2D eigenvalue weighted by Gasteiger charge is 2.53. The van der Waals surface area contributed by atoms with Gasteiger partial charge in [0, 0.05) is 11.8 Å². The first-order valence-electron chi connectivity index (χ1n) is 12.3. The van der Waals surface area contributed by atoms with E-state index in [9.17, 15) is 4.79 Å². The molecule has 1 saturated carbocycles. The van der Waals surface area contributed by atoms with Gasteiger partial charge in [0.15, 0.2) is 14.1 Å². The Hall–Kier alpha value is -0.233. The van der Waals surface area contributed by atoms with Crippen LogP contribution < -0.4 is 0 Å². The molecular weight excluding hydrogens is 404 g/mol. The molecule has 1 saturated heterocycles. The lowest BCUT2D eigenvalue weighted by atomic mass is 9.60. The molecule has 0 N–H and O–H groups in total. The van der Waals surface area contributed by atoms with Crippen molar-refractivity contribution in [1.82, 2.24) is 0 Å². The zero-order valence-electron chi connectivity index (χ0n) is 22.6. The van der Waals surface area contributed by atoms with Gasteiger partial charge in [-0.25, -0.2) is 0 Å². The molecular formula is C26H50O4Si. The fraction of sp³-hybridized carbons (Fsp3) is 0.962. The minimum atomic E-state index is -2.00. The maximum absolute atomic E-state index is 14.0. The molecule has 0 aromatic heterocycles. The highest BCUT2D eigenvalue weighted by atomic mass is 28.4. The molecule has 0 bridgehead atoms. The Balaban J connectivity index is 2.31. The van der Waals surface area contributed by atoms with Crippen molar-refractivity contribution in [2.75, 3.05) is 0 Å². The van der Waals surface area contributed by atoms with Crippen molar-refractivity contribution in [2.45, 2.75) is 137 Å². The normalized spacial score (nSPS) is 31.8. The van der Waals surface area contributed by atoms with E-state index in [0.717, 1.165) is 19.3 Å². The van der Waals surface area contributed by atoms with Crippen LogP contribution in [0.5, 0.6) is 0 Å². The van der Waals surface area contributed by atoms with Crippen molar-refractivity contribution in [2.24, 2.45) is 23.2 Å². The van der Waals surface area contributed by atoms with Crippen LogP contribution in [0.1, 0.15) is 95.4 Å². The van der Waals surface area contributed by atoms with Crippen LogP contribution in [-0.2, 0) is 18.7 Å². The summed E-state index contributed by atoms with van der Waals surface area (Å²) >= 11 is 0. The van der Waals surface area contributed by atoms with Gasteiger partial charge in [0.25, 0.3) is 0 Å². The molecule has 1 unspecified atom stereocenters. The highest BCUT2D eigenvalue weighted by molar-refractivity contribution is 6.74. The van der Waals surface area contributed by atoms with Gasteiger partial charge in [-0.3, -0.25) is 4.79 Å². The average molecular weight is 455 g/mol. The largest absolute Gasteiger partial charge is 0.413 e. The topological polar surface area (TPSA) is 44.8 Å². The lowest BCUT2D eigenvalue weighted by Crippen LogP contribution is -2.55. The smallest absolute Gasteiger partial charge is 0.192 e. The Kier molecular flexibility index (Phi) is 7.43. The van der Waals surface area contributed by atoms with E-state index in [4.69, 9.17) is 13.9 Å². The van der Waals surface area contributed by atoms with E-state index in [1.165, 1.54) is 0 Å².